The second-order valence-corrected chi connectivity index (χ2v) is 4.30. The largest absolute Gasteiger partial charge is 0.480 e. The predicted molar refractivity (Wildman–Crippen MR) is 67.0 cm³/mol. The van der Waals surface area contributed by atoms with Crippen molar-refractivity contribution in [3.05, 3.63) is 30.3 Å². The fourth-order valence-corrected chi connectivity index (χ4v) is 2.25. The Bertz CT molecular complexity index is 447. The first kappa shape index (κ1) is 12.6. The second-order valence-electron chi connectivity index (χ2n) is 4.30. The van der Waals surface area contributed by atoms with Crippen LogP contribution in [0.25, 0.3) is 0 Å². The number of hydrogen-bond acceptors (Lipinski definition) is 3. The first-order valence-corrected chi connectivity index (χ1v) is 5.99. The molecule has 5 nitrogen and oxygen atoms in total. The van der Waals surface area contributed by atoms with Gasteiger partial charge in [0.05, 0.1) is 5.69 Å². The van der Waals surface area contributed by atoms with E-state index in [1.54, 1.807) is 5.01 Å². The number of benzene rings is 1. The Morgan fingerprint density at radius 1 is 1.39 bits per heavy atom. The van der Waals surface area contributed by atoms with Crippen molar-refractivity contribution in [2.45, 2.75) is 25.8 Å². The Morgan fingerprint density at radius 3 is 2.61 bits per heavy atom. The lowest BCUT2D eigenvalue weighted by Crippen LogP contribution is -2.45. The predicted octanol–water partition coefficient (Wildman–Crippen LogP) is 1.50. The average molecular weight is 248 g/mol. The molecule has 5 heteroatoms. The zero-order valence-electron chi connectivity index (χ0n) is 10.2. The van der Waals surface area contributed by atoms with Crippen LogP contribution in [0.1, 0.15) is 19.8 Å². The molecular weight excluding hydrogens is 232 g/mol. The molecule has 1 aromatic rings. The maximum atomic E-state index is 12.0. The summed E-state index contributed by atoms with van der Waals surface area (Å²) < 4.78 is 0. The lowest BCUT2D eigenvalue weighted by atomic mass is 10.2. The van der Waals surface area contributed by atoms with Gasteiger partial charge in [-0.25, -0.2) is 5.01 Å². The molecule has 2 rings (SSSR count). The van der Waals surface area contributed by atoms with Gasteiger partial charge in [0.2, 0.25) is 5.91 Å². The number of para-hydroxylation sites is 1. The fourth-order valence-electron chi connectivity index (χ4n) is 2.25. The van der Waals surface area contributed by atoms with Crippen molar-refractivity contribution in [3.63, 3.8) is 0 Å². The first-order chi connectivity index (χ1) is 8.63. The summed E-state index contributed by atoms with van der Waals surface area (Å²) in [4.78, 5) is 22.9. The molecule has 1 saturated heterocycles. The number of carboxylic acids is 1. The third-order valence-electron chi connectivity index (χ3n) is 3.09. The number of anilines is 1. The molecule has 0 saturated carbocycles. The van der Waals surface area contributed by atoms with Crippen LogP contribution in [-0.2, 0) is 9.59 Å². The molecule has 1 N–H and O–H groups in total. The molecule has 1 aliphatic heterocycles. The molecule has 0 bridgehead atoms. The molecule has 96 valence electrons. The highest BCUT2D eigenvalue weighted by Gasteiger charge is 2.38. The van der Waals surface area contributed by atoms with E-state index in [0.29, 0.717) is 6.42 Å². The van der Waals surface area contributed by atoms with E-state index >= 15 is 0 Å². The summed E-state index contributed by atoms with van der Waals surface area (Å²) in [5, 5.41) is 12.1. The minimum absolute atomic E-state index is 0.0335. The molecule has 0 aliphatic carbocycles. The van der Waals surface area contributed by atoms with E-state index in [2.05, 4.69) is 0 Å². The maximum absolute atomic E-state index is 12.0. The van der Waals surface area contributed by atoms with E-state index in [-0.39, 0.29) is 18.5 Å². The van der Waals surface area contributed by atoms with Crippen molar-refractivity contribution in [1.82, 2.24) is 5.01 Å². The molecule has 1 heterocycles. The number of rotatable bonds is 4. The van der Waals surface area contributed by atoms with Gasteiger partial charge in [-0.1, -0.05) is 25.1 Å². The summed E-state index contributed by atoms with van der Waals surface area (Å²) in [6, 6.07) is 9.12. The maximum Gasteiger partial charge on any atom is 0.319 e. The fraction of sp³-hybridized carbons (Fsp3) is 0.385. The lowest BCUT2D eigenvalue weighted by molar-refractivity contribution is -0.138. The summed E-state index contributed by atoms with van der Waals surface area (Å²) in [7, 11) is 0. The number of amides is 1. The Morgan fingerprint density at radius 2 is 2.06 bits per heavy atom. The molecule has 1 unspecified atom stereocenters. The topological polar surface area (TPSA) is 60.9 Å². The van der Waals surface area contributed by atoms with Gasteiger partial charge in [0.1, 0.15) is 6.54 Å². The van der Waals surface area contributed by atoms with Crippen molar-refractivity contribution in [1.29, 1.82) is 0 Å². The molecule has 1 fully saturated rings. The highest BCUT2D eigenvalue weighted by Crippen LogP contribution is 2.27. The standard InChI is InChI=1S/C13H16N2O3/c1-2-10-8-12(16)15(14(10)9-13(17)18)11-6-4-3-5-7-11/h3-7,10H,2,8-9H2,1H3,(H,17,18). The number of hydrazine groups is 1. The molecule has 18 heavy (non-hydrogen) atoms. The SMILES string of the molecule is CCC1CC(=O)N(c2ccccc2)N1CC(=O)O. The van der Waals surface area contributed by atoms with Crippen LogP contribution in [0.4, 0.5) is 5.69 Å². The monoisotopic (exact) mass is 248 g/mol. The molecule has 0 radical (unpaired) electrons. The van der Waals surface area contributed by atoms with Gasteiger partial charge in [-0.05, 0) is 18.6 Å². The molecule has 0 spiro atoms. The van der Waals surface area contributed by atoms with Crippen molar-refractivity contribution < 1.29 is 14.7 Å². The summed E-state index contributed by atoms with van der Waals surface area (Å²) >= 11 is 0. The van der Waals surface area contributed by atoms with Gasteiger partial charge in [0, 0.05) is 12.5 Å². The smallest absolute Gasteiger partial charge is 0.319 e. The zero-order valence-corrected chi connectivity index (χ0v) is 10.2. The van der Waals surface area contributed by atoms with Crippen LogP contribution in [0.3, 0.4) is 0 Å². The molecule has 1 aliphatic rings. The van der Waals surface area contributed by atoms with Crippen LogP contribution in [-0.4, -0.2) is 34.6 Å². The van der Waals surface area contributed by atoms with Gasteiger partial charge >= 0.3 is 5.97 Å². The third-order valence-corrected chi connectivity index (χ3v) is 3.09. The van der Waals surface area contributed by atoms with Crippen molar-refractivity contribution in [3.8, 4) is 0 Å². The van der Waals surface area contributed by atoms with Gasteiger partial charge < -0.3 is 5.11 Å². The highest BCUT2D eigenvalue weighted by atomic mass is 16.4. The van der Waals surface area contributed by atoms with Crippen LogP contribution in [0.2, 0.25) is 0 Å². The number of carboxylic acid groups (broad SMARTS) is 1. The molecule has 1 aromatic carbocycles. The summed E-state index contributed by atoms with van der Waals surface area (Å²) in [5.41, 5.74) is 0.722. The van der Waals surface area contributed by atoms with Crippen LogP contribution in [0, 0.1) is 0 Å². The number of carbonyl (C=O) groups excluding carboxylic acids is 1. The Kier molecular flexibility index (Phi) is 3.62. The summed E-state index contributed by atoms with van der Waals surface area (Å²) in [6.07, 6.45) is 1.13. The van der Waals surface area contributed by atoms with Gasteiger partial charge in [0.25, 0.3) is 0 Å². The van der Waals surface area contributed by atoms with E-state index in [9.17, 15) is 9.59 Å². The molecule has 0 aromatic heterocycles. The molecule has 1 amide bonds. The molecule has 1 atom stereocenters. The minimum atomic E-state index is -0.927. The van der Waals surface area contributed by atoms with Gasteiger partial charge in [-0.15, -0.1) is 0 Å². The van der Waals surface area contributed by atoms with Gasteiger partial charge in [-0.2, -0.15) is 5.01 Å². The van der Waals surface area contributed by atoms with E-state index in [1.807, 2.05) is 37.3 Å². The third kappa shape index (κ3) is 2.36. The minimum Gasteiger partial charge on any atom is -0.480 e. The summed E-state index contributed by atoms with van der Waals surface area (Å²) in [5.74, 6) is -0.974. The van der Waals surface area contributed by atoms with Crippen LogP contribution in [0.5, 0.6) is 0 Å². The highest BCUT2D eigenvalue weighted by molar-refractivity contribution is 5.95. The van der Waals surface area contributed by atoms with Crippen LogP contribution >= 0.6 is 0 Å². The van der Waals surface area contributed by atoms with Crippen molar-refractivity contribution >= 4 is 17.6 Å². The van der Waals surface area contributed by atoms with Gasteiger partial charge in [-0.3, -0.25) is 9.59 Å². The van der Waals surface area contributed by atoms with E-state index < -0.39 is 5.97 Å². The quantitative estimate of drug-likeness (QED) is 0.877. The number of aliphatic carboxylic acids is 1. The van der Waals surface area contributed by atoms with E-state index in [1.165, 1.54) is 5.01 Å². The Labute approximate surface area is 106 Å². The molecular formula is C13H16N2O3. The van der Waals surface area contributed by atoms with E-state index in [4.69, 9.17) is 5.11 Å². The number of carbonyl (C=O) groups is 2. The number of nitrogens with zero attached hydrogens (tertiary/aromatic N) is 2. The summed E-state index contributed by atoms with van der Waals surface area (Å²) in [6.45, 7) is 1.81. The number of hydrogen-bond donors (Lipinski definition) is 1. The van der Waals surface area contributed by atoms with E-state index in [0.717, 1.165) is 12.1 Å². The lowest BCUT2D eigenvalue weighted by Gasteiger charge is -2.30. The second kappa shape index (κ2) is 5.18. The van der Waals surface area contributed by atoms with Crippen LogP contribution in [0.15, 0.2) is 30.3 Å². The first-order valence-electron chi connectivity index (χ1n) is 5.99. The Hall–Kier alpha value is -1.88. The van der Waals surface area contributed by atoms with Crippen molar-refractivity contribution in [2.24, 2.45) is 0 Å². The average Bonchev–Trinajstić information content (AvgIpc) is 2.66. The van der Waals surface area contributed by atoms with Crippen LogP contribution < -0.4 is 5.01 Å². The Balaban J connectivity index is 2.30. The zero-order chi connectivity index (χ0) is 13.1. The van der Waals surface area contributed by atoms with Gasteiger partial charge in [0.15, 0.2) is 0 Å². The van der Waals surface area contributed by atoms with Crippen molar-refractivity contribution in [2.75, 3.05) is 11.6 Å². The normalized spacial score (nSPS) is 20.4.